The molecule has 1 aliphatic rings. The average Bonchev–Trinajstić information content (AvgIpc) is 3.33. The molecule has 0 unspecified atom stereocenters. The number of thiophene rings is 1. The quantitative estimate of drug-likeness (QED) is 0.476. The molecular formula is C24H22N2O3S. The molecular weight excluding hydrogens is 396 g/mol. The predicted molar refractivity (Wildman–Crippen MR) is 118 cm³/mol. The molecule has 2 amide bonds. The van der Waals surface area contributed by atoms with E-state index in [0.717, 1.165) is 10.4 Å². The van der Waals surface area contributed by atoms with E-state index in [1.807, 2.05) is 54.8 Å². The molecule has 0 aliphatic carbocycles. The molecule has 3 aromatic rings. The lowest BCUT2D eigenvalue weighted by molar-refractivity contribution is -0.130. The summed E-state index contributed by atoms with van der Waals surface area (Å²) in [6.45, 7) is 3.03. The van der Waals surface area contributed by atoms with Gasteiger partial charge in [0.25, 0.3) is 11.8 Å². The molecule has 152 valence electrons. The van der Waals surface area contributed by atoms with Crippen molar-refractivity contribution in [3.05, 3.63) is 83.2 Å². The smallest absolute Gasteiger partial charge is 0.295 e. The molecule has 0 bridgehead atoms. The third-order valence-electron chi connectivity index (χ3n) is 5.34. The maximum absolute atomic E-state index is 12.8. The van der Waals surface area contributed by atoms with Crippen LogP contribution in [0.5, 0.6) is 0 Å². The normalized spacial score (nSPS) is 16.4. The molecule has 1 aromatic heterocycles. The van der Waals surface area contributed by atoms with Gasteiger partial charge in [-0.05, 0) is 36.1 Å². The summed E-state index contributed by atoms with van der Waals surface area (Å²) in [6, 6.07) is 20.0. The average molecular weight is 419 g/mol. The molecule has 0 radical (unpaired) electrons. The summed E-state index contributed by atoms with van der Waals surface area (Å²) in [5.41, 5.74) is 2.04. The molecule has 0 N–H and O–H groups in total. The second kappa shape index (κ2) is 8.63. The van der Waals surface area contributed by atoms with Gasteiger partial charge in [0.15, 0.2) is 0 Å². The molecule has 4 rings (SSSR count). The van der Waals surface area contributed by atoms with Crippen LogP contribution in [0.1, 0.15) is 27.6 Å². The van der Waals surface area contributed by atoms with Crippen molar-refractivity contribution in [3.63, 3.8) is 0 Å². The second-order valence-corrected chi connectivity index (χ2v) is 8.30. The van der Waals surface area contributed by atoms with Gasteiger partial charge in [-0.15, -0.1) is 11.3 Å². The van der Waals surface area contributed by atoms with Crippen LogP contribution in [0.2, 0.25) is 0 Å². The molecule has 2 aromatic carbocycles. The number of amides is 2. The largest absolute Gasteiger partial charge is 0.335 e. The van der Waals surface area contributed by atoms with E-state index >= 15 is 0 Å². The summed E-state index contributed by atoms with van der Waals surface area (Å²) in [5, 5.41) is 2.00. The van der Waals surface area contributed by atoms with Crippen LogP contribution in [-0.4, -0.2) is 53.1 Å². The Bertz CT molecular complexity index is 1050. The predicted octanol–water partition coefficient (Wildman–Crippen LogP) is 3.97. The molecule has 1 saturated heterocycles. The lowest BCUT2D eigenvalue weighted by atomic mass is 10.0. The highest BCUT2D eigenvalue weighted by atomic mass is 32.1. The van der Waals surface area contributed by atoms with Crippen molar-refractivity contribution in [2.75, 3.05) is 19.6 Å². The number of piperazine rings is 1. The summed E-state index contributed by atoms with van der Waals surface area (Å²) in [4.78, 5) is 42.7. The van der Waals surface area contributed by atoms with Crippen LogP contribution in [0.4, 0.5) is 0 Å². The van der Waals surface area contributed by atoms with Gasteiger partial charge in [-0.3, -0.25) is 14.4 Å². The zero-order chi connectivity index (χ0) is 21.1. The van der Waals surface area contributed by atoms with Crippen molar-refractivity contribution >= 4 is 28.9 Å². The summed E-state index contributed by atoms with van der Waals surface area (Å²) in [6.07, 6.45) is 0. The number of carbonyl (C=O) groups excluding carboxylic acids is 3. The Morgan fingerprint density at radius 3 is 2.23 bits per heavy atom. The van der Waals surface area contributed by atoms with E-state index in [1.54, 1.807) is 45.4 Å². The number of carbonyl (C=O) groups is 3. The standard InChI is InChI=1S/C24H22N2O3S/c1-17-16-25(23(28)20-6-3-2-4-7-20)13-14-26(17)24(29)22(27)19-11-9-18(10-12-19)21-8-5-15-30-21/h2-12,15,17H,13-14,16H2,1H3/t17-/m1/s1. The van der Waals surface area contributed by atoms with Crippen LogP contribution >= 0.6 is 11.3 Å². The minimum absolute atomic E-state index is 0.0509. The van der Waals surface area contributed by atoms with Gasteiger partial charge in [0.2, 0.25) is 5.78 Å². The fourth-order valence-corrected chi connectivity index (χ4v) is 4.42. The Labute approximate surface area is 179 Å². The molecule has 0 spiro atoms. The van der Waals surface area contributed by atoms with E-state index in [-0.39, 0.29) is 11.9 Å². The van der Waals surface area contributed by atoms with E-state index in [1.165, 1.54) is 0 Å². The summed E-state index contributed by atoms with van der Waals surface area (Å²) >= 11 is 1.63. The minimum atomic E-state index is -0.516. The first kappa shape index (κ1) is 20.0. The van der Waals surface area contributed by atoms with Gasteiger partial charge >= 0.3 is 0 Å². The van der Waals surface area contributed by atoms with Gasteiger partial charge < -0.3 is 9.80 Å². The molecule has 5 nitrogen and oxygen atoms in total. The van der Waals surface area contributed by atoms with E-state index in [9.17, 15) is 14.4 Å². The van der Waals surface area contributed by atoms with Crippen molar-refractivity contribution in [2.24, 2.45) is 0 Å². The fraction of sp³-hybridized carbons (Fsp3) is 0.208. The molecule has 6 heteroatoms. The maximum atomic E-state index is 12.8. The Morgan fingerprint density at radius 2 is 1.60 bits per heavy atom. The minimum Gasteiger partial charge on any atom is -0.335 e. The van der Waals surface area contributed by atoms with E-state index in [0.29, 0.717) is 30.8 Å². The monoisotopic (exact) mass is 418 g/mol. The maximum Gasteiger partial charge on any atom is 0.295 e. The van der Waals surface area contributed by atoms with Crippen molar-refractivity contribution < 1.29 is 14.4 Å². The summed E-state index contributed by atoms with van der Waals surface area (Å²) < 4.78 is 0. The number of Topliss-reactive ketones (excluding diaryl/α,β-unsaturated/α-hetero) is 1. The first-order chi connectivity index (χ1) is 14.5. The second-order valence-electron chi connectivity index (χ2n) is 7.35. The Kier molecular flexibility index (Phi) is 5.77. The zero-order valence-corrected chi connectivity index (χ0v) is 17.5. The summed E-state index contributed by atoms with van der Waals surface area (Å²) in [5.74, 6) is -1.08. The first-order valence-electron chi connectivity index (χ1n) is 9.88. The van der Waals surface area contributed by atoms with Gasteiger partial charge in [0.05, 0.1) is 0 Å². The topological polar surface area (TPSA) is 57.7 Å². The van der Waals surface area contributed by atoms with Gasteiger partial charge in [-0.1, -0.05) is 48.5 Å². The molecule has 1 fully saturated rings. The van der Waals surface area contributed by atoms with Gasteiger partial charge in [0.1, 0.15) is 0 Å². The SMILES string of the molecule is C[C@@H]1CN(C(=O)c2ccccc2)CCN1C(=O)C(=O)c1ccc(-c2cccs2)cc1. The number of rotatable bonds is 4. The summed E-state index contributed by atoms with van der Waals surface area (Å²) in [7, 11) is 0. The van der Waals surface area contributed by atoms with Crippen LogP contribution in [-0.2, 0) is 4.79 Å². The van der Waals surface area contributed by atoms with Crippen molar-refractivity contribution in [1.29, 1.82) is 0 Å². The highest BCUT2D eigenvalue weighted by molar-refractivity contribution is 7.13. The van der Waals surface area contributed by atoms with E-state index in [4.69, 9.17) is 0 Å². The van der Waals surface area contributed by atoms with Crippen molar-refractivity contribution in [2.45, 2.75) is 13.0 Å². The van der Waals surface area contributed by atoms with Crippen LogP contribution in [0.25, 0.3) is 10.4 Å². The number of hydrogen-bond acceptors (Lipinski definition) is 4. The van der Waals surface area contributed by atoms with Crippen LogP contribution in [0.15, 0.2) is 72.1 Å². The van der Waals surface area contributed by atoms with Crippen LogP contribution < -0.4 is 0 Å². The number of ketones is 1. The van der Waals surface area contributed by atoms with E-state index in [2.05, 4.69) is 0 Å². The number of nitrogens with zero attached hydrogens (tertiary/aromatic N) is 2. The third-order valence-corrected chi connectivity index (χ3v) is 6.26. The highest BCUT2D eigenvalue weighted by Gasteiger charge is 2.33. The lowest BCUT2D eigenvalue weighted by Gasteiger charge is -2.39. The van der Waals surface area contributed by atoms with Gasteiger partial charge in [-0.2, -0.15) is 0 Å². The Morgan fingerprint density at radius 1 is 0.867 bits per heavy atom. The molecule has 1 aliphatic heterocycles. The Balaban J connectivity index is 1.41. The number of benzene rings is 2. The van der Waals surface area contributed by atoms with Crippen LogP contribution in [0, 0.1) is 0 Å². The third kappa shape index (κ3) is 4.04. The number of hydrogen-bond donors (Lipinski definition) is 0. The fourth-order valence-electron chi connectivity index (χ4n) is 3.69. The van der Waals surface area contributed by atoms with Gasteiger partial charge in [-0.25, -0.2) is 0 Å². The van der Waals surface area contributed by atoms with Crippen molar-refractivity contribution in [3.8, 4) is 10.4 Å². The zero-order valence-electron chi connectivity index (χ0n) is 16.7. The van der Waals surface area contributed by atoms with E-state index < -0.39 is 11.7 Å². The first-order valence-corrected chi connectivity index (χ1v) is 10.8. The Hall–Kier alpha value is -3.25. The molecule has 2 heterocycles. The molecule has 1 atom stereocenters. The molecule has 30 heavy (non-hydrogen) atoms. The lowest BCUT2D eigenvalue weighted by Crippen LogP contribution is -2.56. The highest BCUT2D eigenvalue weighted by Crippen LogP contribution is 2.25. The van der Waals surface area contributed by atoms with Crippen molar-refractivity contribution in [1.82, 2.24) is 9.80 Å². The molecule has 0 saturated carbocycles. The van der Waals surface area contributed by atoms with Crippen LogP contribution in [0.3, 0.4) is 0 Å². The van der Waals surface area contributed by atoms with Gasteiger partial charge in [0, 0.05) is 41.7 Å².